The summed E-state index contributed by atoms with van der Waals surface area (Å²) < 4.78 is 0. The summed E-state index contributed by atoms with van der Waals surface area (Å²) in [5.74, 6) is 1.09. The largest absolute Gasteiger partial charge is 0.345 e. The van der Waals surface area contributed by atoms with Gasteiger partial charge in [0.2, 0.25) is 0 Å². The number of amidine groups is 1. The van der Waals surface area contributed by atoms with Crippen molar-refractivity contribution >= 4 is 29.0 Å². The van der Waals surface area contributed by atoms with Crippen molar-refractivity contribution in [2.45, 2.75) is 25.8 Å². The summed E-state index contributed by atoms with van der Waals surface area (Å²) in [5.41, 5.74) is 4.07. The van der Waals surface area contributed by atoms with Gasteiger partial charge in [0.1, 0.15) is 5.84 Å². The molecular weight excluding hydrogens is 384 g/mol. The highest BCUT2D eigenvalue weighted by Gasteiger charge is 2.41. The predicted molar refractivity (Wildman–Crippen MR) is 119 cm³/mol. The molecule has 2 N–H and O–H groups in total. The zero-order valence-corrected chi connectivity index (χ0v) is 17.7. The first-order valence-corrected chi connectivity index (χ1v) is 10.5. The van der Waals surface area contributed by atoms with Gasteiger partial charge >= 0.3 is 0 Å². The highest BCUT2D eigenvalue weighted by Crippen LogP contribution is 2.41. The average Bonchev–Trinajstić information content (AvgIpc) is 2.72. The van der Waals surface area contributed by atoms with E-state index in [0.717, 1.165) is 60.0 Å². The lowest BCUT2D eigenvalue weighted by atomic mass is 9.70. The van der Waals surface area contributed by atoms with Gasteiger partial charge < -0.3 is 15.5 Å². The van der Waals surface area contributed by atoms with Crippen LogP contribution < -0.4 is 10.6 Å². The molecule has 2 aliphatic heterocycles. The zero-order valence-electron chi connectivity index (χ0n) is 17.0. The molecule has 0 radical (unpaired) electrons. The maximum absolute atomic E-state index is 12.4. The predicted octanol–water partition coefficient (Wildman–Crippen LogP) is 3.98. The molecule has 4 rings (SSSR count). The van der Waals surface area contributed by atoms with Crippen LogP contribution in [-0.4, -0.2) is 43.8 Å². The molecule has 0 aliphatic carbocycles. The summed E-state index contributed by atoms with van der Waals surface area (Å²) in [7, 11) is 3.57. The summed E-state index contributed by atoms with van der Waals surface area (Å²) in [4.78, 5) is 19.0. The van der Waals surface area contributed by atoms with Gasteiger partial charge in [-0.05, 0) is 73.8 Å². The highest BCUT2D eigenvalue weighted by molar-refractivity contribution is 6.30. The third kappa shape index (κ3) is 4.16. The number of hydrogen-bond donors (Lipinski definition) is 2. The van der Waals surface area contributed by atoms with E-state index in [2.05, 4.69) is 16.7 Å². The van der Waals surface area contributed by atoms with Gasteiger partial charge in [-0.3, -0.25) is 9.79 Å². The van der Waals surface area contributed by atoms with E-state index in [9.17, 15) is 4.79 Å². The van der Waals surface area contributed by atoms with E-state index < -0.39 is 0 Å². The fourth-order valence-electron chi connectivity index (χ4n) is 4.29. The molecule has 2 aromatic carbocycles. The fourth-order valence-corrected chi connectivity index (χ4v) is 4.51. The Morgan fingerprint density at radius 2 is 1.97 bits per heavy atom. The Balaban J connectivity index is 1.67. The molecule has 1 fully saturated rings. The van der Waals surface area contributed by atoms with Gasteiger partial charge in [0.15, 0.2) is 0 Å². The first-order valence-electron chi connectivity index (χ1n) is 10.1. The summed E-state index contributed by atoms with van der Waals surface area (Å²) in [5, 5.41) is 7.80. The summed E-state index contributed by atoms with van der Waals surface area (Å²) in [6, 6.07) is 13.8. The van der Waals surface area contributed by atoms with Crippen LogP contribution in [0.4, 0.5) is 5.69 Å². The third-order valence-electron chi connectivity index (χ3n) is 5.91. The van der Waals surface area contributed by atoms with E-state index in [1.54, 1.807) is 19.0 Å². The van der Waals surface area contributed by atoms with Crippen molar-refractivity contribution in [1.82, 2.24) is 10.2 Å². The monoisotopic (exact) mass is 410 g/mol. The number of nitrogens with one attached hydrogen (secondary N) is 2. The highest BCUT2D eigenvalue weighted by atomic mass is 35.5. The Morgan fingerprint density at radius 1 is 1.17 bits per heavy atom. The second-order valence-corrected chi connectivity index (χ2v) is 8.63. The summed E-state index contributed by atoms with van der Waals surface area (Å²) >= 11 is 6.13. The van der Waals surface area contributed by atoms with Crippen LogP contribution in [0.5, 0.6) is 0 Å². The molecule has 1 saturated heterocycles. The average molecular weight is 411 g/mol. The number of carbonyl (C=O) groups excluding carboxylic acids is 1. The normalized spacial score (nSPS) is 18.9. The Labute approximate surface area is 177 Å². The van der Waals surface area contributed by atoms with Crippen LogP contribution in [-0.2, 0) is 13.0 Å². The molecule has 0 atom stereocenters. The summed E-state index contributed by atoms with van der Waals surface area (Å²) in [6.45, 7) is 2.55. The minimum absolute atomic E-state index is 0.0172. The smallest absolute Gasteiger partial charge is 0.253 e. The van der Waals surface area contributed by atoms with E-state index in [-0.39, 0.29) is 11.3 Å². The molecule has 29 heavy (non-hydrogen) atoms. The molecule has 0 aromatic heterocycles. The Bertz CT molecular complexity index is 948. The molecule has 2 aromatic rings. The number of halogens is 1. The van der Waals surface area contributed by atoms with Crippen molar-refractivity contribution in [3.05, 3.63) is 64.2 Å². The molecule has 2 heterocycles. The van der Waals surface area contributed by atoms with E-state index in [1.807, 2.05) is 36.4 Å². The van der Waals surface area contributed by atoms with Gasteiger partial charge in [0.25, 0.3) is 5.91 Å². The van der Waals surface area contributed by atoms with Gasteiger partial charge in [-0.25, -0.2) is 0 Å². The number of rotatable bonds is 3. The van der Waals surface area contributed by atoms with Gasteiger partial charge in [0.05, 0.1) is 6.54 Å². The van der Waals surface area contributed by atoms with E-state index in [1.165, 1.54) is 5.56 Å². The van der Waals surface area contributed by atoms with Crippen LogP contribution in [0, 0.1) is 5.41 Å². The number of anilines is 1. The van der Waals surface area contributed by atoms with Crippen molar-refractivity contribution in [3.8, 4) is 0 Å². The molecule has 6 heteroatoms. The number of aliphatic imine (C=N–C) groups is 1. The molecule has 0 bridgehead atoms. The molecular formula is C23H27ClN4O. The van der Waals surface area contributed by atoms with Crippen molar-refractivity contribution < 1.29 is 4.79 Å². The Morgan fingerprint density at radius 3 is 2.69 bits per heavy atom. The molecule has 2 aliphatic rings. The van der Waals surface area contributed by atoms with Gasteiger partial charge in [-0.1, -0.05) is 23.7 Å². The first-order chi connectivity index (χ1) is 14.0. The number of carbonyl (C=O) groups is 1. The van der Waals surface area contributed by atoms with E-state index in [4.69, 9.17) is 16.6 Å². The maximum atomic E-state index is 12.4. The maximum Gasteiger partial charge on any atom is 0.253 e. The molecule has 0 saturated carbocycles. The zero-order chi connectivity index (χ0) is 20.4. The molecule has 152 valence electrons. The minimum atomic E-state index is -0.0172. The van der Waals surface area contributed by atoms with Crippen molar-refractivity contribution in [2.75, 3.05) is 32.5 Å². The quantitative estimate of drug-likeness (QED) is 0.804. The minimum Gasteiger partial charge on any atom is -0.345 e. The molecule has 0 unspecified atom stereocenters. The number of hydrogen-bond acceptors (Lipinski definition) is 3. The van der Waals surface area contributed by atoms with Crippen molar-refractivity contribution in [1.29, 1.82) is 0 Å². The van der Waals surface area contributed by atoms with E-state index >= 15 is 0 Å². The number of fused-ring (bicyclic) bond motifs is 1. The number of benzene rings is 2. The van der Waals surface area contributed by atoms with E-state index in [0.29, 0.717) is 6.54 Å². The number of nitrogens with zero attached hydrogens (tertiary/aromatic N) is 2. The molecule has 5 nitrogen and oxygen atoms in total. The van der Waals surface area contributed by atoms with Gasteiger partial charge in [-0.15, -0.1) is 0 Å². The lowest BCUT2D eigenvalue weighted by Crippen LogP contribution is -2.48. The lowest BCUT2D eigenvalue weighted by molar-refractivity contribution is 0.0827. The second-order valence-electron chi connectivity index (χ2n) is 8.20. The number of amides is 1. The standard InChI is InChI=1S/C23H27ClN4O/c1-28(2)21(29)17-6-7-20-18(13-17)14-23(8-10-25-11-9-23)22(27-20)26-15-16-4-3-5-19(24)12-16/h3-7,12-13,25H,8-11,14-15H2,1-2H3,(H,26,27). The van der Waals surface area contributed by atoms with Crippen LogP contribution in [0.2, 0.25) is 5.02 Å². The van der Waals surface area contributed by atoms with Crippen LogP contribution in [0.25, 0.3) is 0 Å². The van der Waals surface area contributed by atoms with Crippen molar-refractivity contribution in [2.24, 2.45) is 10.4 Å². The Hall–Kier alpha value is -2.37. The second kappa shape index (κ2) is 8.17. The third-order valence-corrected chi connectivity index (χ3v) is 6.15. The van der Waals surface area contributed by atoms with Gasteiger partial charge in [0, 0.05) is 35.8 Å². The fraction of sp³-hybridized carbons (Fsp3) is 0.391. The van der Waals surface area contributed by atoms with Crippen LogP contribution in [0.1, 0.15) is 34.3 Å². The topological polar surface area (TPSA) is 56.7 Å². The SMILES string of the molecule is CN(C)C(=O)c1ccc2c(c1)CC1(CCNCC1)C(=NCc1cccc(Cl)c1)N2. The van der Waals surface area contributed by atoms with Crippen LogP contribution in [0.15, 0.2) is 47.5 Å². The summed E-state index contributed by atoms with van der Waals surface area (Å²) in [6.07, 6.45) is 2.96. The molecule has 1 spiro atoms. The molecule has 1 amide bonds. The lowest BCUT2D eigenvalue weighted by Gasteiger charge is -2.43. The van der Waals surface area contributed by atoms with Crippen LogP contribution in [0.3, 0.4) is 0 Å². The van der Waals surface area contributed by atoms with Crippen molar-refractivity contribution in [3.63, 3.8) is 0 Å². The van der Waals surface area contributed by atoms with Gasteiger partial charge in [-0.2, -0.15) is 0 Å². The number of piperidine rings is 1. The Kier molecular flexibility index (Phi) is 5.61. The van der Waals surface area contributed by atoms with Crippen LogP contribution >= 0.6 is 11.6 Å². The first kappa shape index (κ1) is 19.9.